The Hall–Kier alpha value is -2.62. The Bertz CT molecular complexity index is 1080. The predicted molar refractivity (Wildman–Crippen MR) is 142 cm³/mol. The minimum atomic E-state index is -0.642. The lowest BCUT2D eigenvalue weighted by Gasteiger charge is -2.60. The van der Waals surface area contributed by atoms with Gasteiger partial charge < -0.3 is 10.6 Å². The fourth-order valence-corrected chi connectivity index (χ4v) is 8.89. The van der Waals surface area contributed by atoms with Gasteiger partial charge in [-0.25, -0.2) is 0 Å². The summed E-state index contributed by atoms with van der Waals surface area (Å²) in [4.78, 5) is 27.1. The number of hydrogen-bond acceptors (Lipinski definition) is 2. The molecule has 2 unspecified atom stereocenters. The highest BCUT2D eigenvalue weighted by Crippen LogP contribution is 2.64. The molecule has 190 valence electrons. The average Bonchev–Trinajstić information content (AvgIpc) is 3.30. The zero-order valence-electron chi connectivity index (χ0n) is 21.7. The second kappa shape index (κ2) is 9.04. The van der Waals surface area contributed by atoms with E-state index in [4.69, 9.17) is 0 Å². The molecule has 2 aromatic rings. The third-order valence-electron chi connectivity index (χ3n) is 10.8. The molecule has 7 atom stereocenters. The van der Waals surface area contributed by atoms with Gasteiger partial charge in [-0.05, 0) is 84.7 Å². The number of rotatable bonds is 4. The molecule has 6 rings (SSSR count). The molecule has 2 amide bonds. The molecule has 3 aliphatic carbocycles. The van der Waals surface area contributed by atoms with Crippen LogP contribution in [0.15, 0.2) is 60.7 Å². The van der Waals surface area contributed by atoms with Crippen molar-refractivity contribution in [3.05, 3.63) is 71.8 Å². The number of piperidine rings is 1. The van der Waals surface area contributed by atoms with Crippen molar-refractivity contribution in [2.24, 2.45) is 34.5 Å². The molecule has 0 radical (unpaired) electrons. The third-order valence-corrected chi connectivity index (χ3v) is 10.8. The van der Waals surface area contributed by atoms with Gasteiger partial charge in [0.25, 0.3) is 0 Å². The first kappa shape index (κ1) is 23.8. The molecule has 36 heavy (non-hydrogen) atoms. The molecule has 4 nitrogen and oxygen atoms in total. The van der Waals surface area contributed by atoms with Crippen molar-refractivity contribution >= 4 is 11.8 Å². The van der Waals surface area contributed by atoms with Gasteiger partial charge >= 0.3 is 0 Å². The Balaban J connectivity index is 1.25. The van der Waals surface area contributed by atoms with Crippen LogP contribution in [0.5, 0.6) is 0 Å². The monoisotopic (exact) mass is 484 g/mol. The highest BCUT2D eigenvalue weighted by atomic mass is 16.2. The predicted octanol–water partition coefficient (Wildman–Crippen LogP) is 6.03. The molecule has 3 saturated carbocycles. The number of hydrogen-bond donors (Lipinski definition) is 2. The van der Waals surface area contributed by atoms with Crippen LogP contribution in [0, 0.1) is 34.5 Å². The second-order valence-electron chi connectivity index (χ2n) is 12.6. The van der Waals surface area contributed by atoms with Crippen molar-refractivity contribution in [3.63, 3.8) is 0 Å². The molecule has 0 aromatic heterocycles. The fraction of sp³-hybridized carbons (Fsp3) is 0.562. The highest BCUT2D eigenvalue weighted by Gasteiger charge is 2.60. The van der Waals surface area contributed by atoms with E-state index >= 15 is 0 Å². The summed E-state index contributed by atoms with van der Waals surface area (Å²) in [6.07, 6.45) is 9.60. The van der Waals surface area contributed by atoms with E-state index in [1.54, 1.807) is 0 Å². The standard InChI is InChI=1S/C32H40N2O2/c1-31-18-9-14-25(31)23-15-16-27-32(2,26(23)17-19-31)20-24(29(35)33-27)30(36)34-28(21-10-5-3-6-11-21)22-12-7-4-8-13-22/h3-8,10-13,23-28H,9,14-20H2,1-2H3,(H,33,35)(H,34,36)/t23-,24?,25-,26+,27?,31-,32+/m0/s1. The number of nitrogens with one attached hydrogen (secondary N) is 2. The molecule has 0 bridgehead atoms. The highest BCUT2D eigenvalue weighted by molar-refractivity contribution is 6.01. The fourth-order valence-electron chi connectivity index (χ4n) is 8.89. The number of amides is 2. The third kappa shape index (κ3) is 3.88. The molecule has 0 spiro atoms. The van der Waals surface area contributed by atoms with Crippen molar-refractivity contribution in [1.29, 1.82) is 0 Å². The Morgan fingerprint density at radius 2 is 1.56 bits per heavy atom. The molecule has 2 aromatic carbocycles. The summed E-state index contributed by atoms with van der Waals surface area (Å²) in [5.74, 6) is 1.29. The Kier molecular flexibility index (Phi) is 5.97. The van der Waals surface area contributed by atoms with E-state index in [1.807, 2.05) is 60.7 Å². The Morgan fingerprint density at radius 3 is 2.22 bits per heavy atom. The van der Waals surface area contributed by atoms with Crippen molar-refractivity contribution in [3.8, 4) is 0 Å². The number of carbonyl (C=O) groups excluding carboxylic acids is 2. The van der Waals surface area contributed by atoms with Gasteiger partial charge in [-0.2, -0.15) is 0 Å². The second-order valence-corrected chi connectivity index (χ2v) is 12.6. The van der Waals surface area contributed by atoms with E-state index in [0.717, 1.165) is 29.4 Å². The lowest BCUT2D eigenvalue weighted by Crippen LogP contribution is -2.64. The van der Waals surface area contributed by atoms with Crippen LogP contribution >= 0.6 is 0 Å². The van der Waals surface area contributed by atoms with E-state index in [0.29, 0.717) is 17.8 Å². The van der Waals surface area contributed by atoms with Crippen LogP contribution < -0.4 is 10.6 Å². The number of fused-ring (bicyclic) bond motifs is 5. The van der Waals surface area contributed by atoms with E-state index in [-0.39, 0.29) is 29.3 Å². The molecule has 4 fully saturated rings. The van der Waals surface area contributed by atoms with Gasteiger partial charge in [0.1, 0.15) is 5.92 Å². The van der Waals surface area contributed by atoms with Crippen LogP contribution in [-0.2, 0) is 9.59 Å². The first-order chi connectivity index (χ1) is 17.4. The molecule has 4 aliphatic rings. The van der Waals surface area contributed by atoms with Gasteiger partial charge in [0, 0.05) is 6.04 Å². The largest absolute Gasteiger partial charge is 0.352 e. The van der Waals surface area contributed by atoms with E-state index < -0.39 is 5.92 Å². The molecule has 1 aliphatic heterocycles. The molecule has 1 heterocycles. The van der Waals surface area contributed by atoms with Crippen molar-refractivity contribution in [1.82, 2.24) is 10.6 Å². The Labute approximate surface area is 215 Å². The first-order valence-electron chi connectivity index (χ1n) is 14.1. The van der Waals surface area contributed by atoms with Crippen LogP contribution in [0.3, 0.4) is 0 Å². The van der Waals surface area contributed by atoms with Gasteiger partial charge in [-0.15, -0.1) is 0 Å². The number of benzene rings is 2. The van der Waals surface area contributed by atoms with Crippen LogP contribution in [0.4, 0.5) is 0 Å². The molecule has 2 N–H and O–H groups in total. The van der Waals surface area contributed by atoms with Crippen molar-refractivity contribution in [2.75, 3.05) is 0 Å². The van der Waals surface area contributed by atoms with Crippen LogP contribution in [-0.4, -0.2) is 17.9 Å². The summed E-state index contributed by atoms with van der Waals surface area (Å²) in [6.45, 7) is 4.92. The maximum atomic E-state index is 13.8. The van der Waals surface area contributed by atoms with Crippen LogP contribution in [0.1, 0.15) is 82.4 Å². The SMILES string of the molecule is C[C@@]12CCC[C@H]1[C@@H]1CCC3NC(=O)C(C(=O)NC(c4ccccc4)c4ccccc4)C[C@]3(C)[C@@H]1CC2. The summed E-state index contributed by atoms with van der Waals surface area (Å²) in [5.41, 5.74) is 2.56. The number of carbonyl (C=O) groups is 2. The first-order valence-corrected chi connectivity index (χ1v) is 14.1. The maximum Gasteiger partial charge on any atom is 0.233 e. The zero-order valence-corrected chi connectivity index (χ0v) is 21.7. The van der Waals surface area contributed by atoms with Crippen molar-refractivity contribution < 1.29 is 9.59 Å². The van der Waals surface area contributed by atoms with Crippen LogP contribution in [0.2, 0.25) is 0 Å². The molecule has 4 heteroatoms. The maximum absolute atomic E-state index is 13.8. The summed E-state index contributed by atoms with van der Waals surface area (Å²) >= 11 is 0. The van der Waals surface area contributed by atoms with Crippen LogP contribution in [0.25, 0.3) is 0 Å². The summed E-state index contributed by atoms with van der Waals surface area (Å²) < 4.78 is 0. The zero-order chi connectivity index (χ0) is 24.9. The molecular weight excluding hydrogens is 444 g/mol. The van der Waals surface area contributed by atoms with Gasteiger partial charge in [0.05, 0.1) is 6.04 Å². The van der Waals surface area contributed by atoms with Gasteiger partial charge in [-0.1, -0.05) is 80.9 Å². The van der Waals surface area contributed by atoms with Crippen molar-refractivity contribution in [2.45, 2.75) is 77.3 Å². The minimum absolute atomic E-state index is 0.0161. The van der Waals surface area contributed by atoms with Gasteiger partial charge in [0.2, 0.25) is 11.8 Å². The van der Waals surface area contributed by atoms with E-state index in [1.165, 1.54) is 38.5 Å². The lowest BCUT2D eigenvalue weighted by molar-refractivity contribution is -0.151. The summed E-state index contributed by atoms with van der Waals surface area (Å²) in [5, 5.41) is 6.62. The molecular formula is C32H40N2O2. The molecule has 1 saturated heterocycles. The summed E-state index contributed by atoms with van der Waals surface area (Å²) in [7, 11) is 0. The normalized spacial score (nSPS) is 37.4. The topological polar surface area (TPSA) is 58.2 Å². The van der Waals surface area contributed by atoms with Gasteiger partial charge in [-0.3, -0.25) is 9.59 Å². The van der Waals surface area contributed by atoms with Gasteiger partial charge in [0.15, 0.2) is 0 Å². The smallest absolute Gasteiger partial charge is 0.233 e. The summed E-state index contributed by atoms with van der Waals surface area (Å²) in [6, 6.07) is 20.1. The lowest BCUT2D eigenvalue weighted by atomic mass is 9.47. The minimum Gasteiger partial charge on any atom is -0.352 e. The van der Waals surface area contributed by atoms with E-state index in [9.17, 15) is 9.59 Å². The quantitative estimate of drug-likeness (QED) is 0.521. The Morgan fingerprint density at radius 1 is 0.889 bits per heavy atom. The average molecular weight is 485 g/mol. The van der Waals surface area contributed by atoms with E-state index in [2.05, 4.69) is 24.5 Å².